The van der Waals surface area contributed by atoms with E-state index >= 15 is 0 Å². The molecule has 0 atom stereocenters. The van der Waals surface area contributed by atoms with E-state index in [-0.39, 0.29) is 0 Å². The summed E-state index contributed by atoms with van der Waals surface area (Å²) < 4.78 is 10.7. The Labute approximate surface area is 132 Å². The summed E-state index contributed by atoms with van der Waals surface area (Å²) in [6.07, 6.45) is 6.18. The van der Waals surface area contributed by atoms with Crippen molar-refractivity contribution in [3.63, 3.8) is 0 Å². The van der Waals surface area contributed by atoms with Gasteiger partial charge in [0.2, 0.25) is 0 Å². The van der Waals surface area contributed by atoms with Gasteiger partial charge in [-0.2, -0.15) is 0 Å². The number of rotatable bonds is 7. The minimum Gasteiger partial charge on any atom is -0.497 e. The fourth-order valence-electron chi connectivity index (χ4n) is 2.04. The van der Waals surface area contributed by atoms with Crippen LogP contribution in [0.5, 0.6) is 5.75 Å². The number of hydrogen-bond donors (Lipinski definition) is 0. The van der Waals surface area contributed by atoms with E-state index in [0.29, 0.717) is 13.2 Å². The molecule has 0 saturated heterocycles. The molecule has 0 aliphatic rings. The van der Waals surface area contributed by atoms with Crippen LogP contribution in [0.1, 0.15) is 18.1 Å². The molecular weight excluding hydrogens is 272 g/mol. The molecule has 114 valence electrons. The SMILES string of the molecule is COc1ccc(/C=C/COC/C=C(\C)c2ccccc2)cc1. The van der Waals surface area contributed by atoms with Gasteiger partial charge in [-0.25, -0.2) is 0 Å². The normalized spacial score (nSPS) is 11.8. The highest BCUT2D eigenvalue weighted by molar-refractivity contribution is 5.63. The largest absolute Gasteiger partial charge is 0.497 e. The Kier molecular flexibility index (Phi) is 6.46. The van der Waals surface area contributed by atoms with Gasteiger partial charge in [0.1, 0.15) is 5.75 Å². The van der Waals surface area contributed by atoms with Crippen LogP contribution in [-0.4, -0.2) is 20.3 Å². The second-order valence-corrected chi connectivity index (χ2v) is 4.97. The van der Waals surface area contributed by atoms with E-state index in [1.54, 1.807) is 7.11 Å². The van der Waals surface area contributed by atoms with Gasteiger partial charge in [0, 0.05) is 0 Å². The highest BCUT2D eigenvalue weighted by Crippen LogP contribution is 2.13. The van der Waals surface area contributed by atoms with E-state index in [0.717, 1.165) is 11.3 Å². The lowest BCUT2D eigenvalue weighted by Crippen LogP contribution is -1.92. The predicted molar refractivity (Wildman–Crippen MR) is 92.9 cm³/mol. The summed E-state index contributed by atoms with van der Waals surface area (Å²) in [5.41, 5.74) is 3.61. The van der Waals surface area contributed by atoms with Crippen molar-refractivity contribution in [1.82, 2.24) is 0 Å². The topological polar surface area (TPSA) is 18.5 Å². The average molecular weight is 294 g/mol. The first-order chi connectivity index (χ1) is 10.8. The second-order valence-electron chi connectivity index (χ2n) is 4.97. The molecule has 0 radical (unpaired) electrons. The van der Waals surface area contributed by atoms with Gasteiger partial charge in [-0.15, -0.1) is 0 Å². The van der Waals surface area contributed by atoms with Gasteiger partial charge in [-0.3, -0.25) is 0 Å². The highest BCUT2D eigenvalue weighted by atomic mass is 16.5. The molecule has 0 aromatic heterocycles. The Morgan fingerprint density at radius 2 is 1.68 bits per heavy atom. The molecule has 0 bridgehead atoms. The van der Waals surface area contributed by atoms with Crippen molar-refractivity contribution >= 4 is 11.6 Å². The fraction of sp³-hybridized carbons (Fsp3) is 0.200. The lowest BCUT2D eigenvalue weighted by atomic mass is 10.1. The summed E-state index contributed by atoms with van der Waals surface area (Å²) in [6, 6.07) is 18.3. The van der Waals surface area contributed by atoms with Gasteiger partial charge < -0.3 is 9.47 Å². The fourth-order valence-corrected chi connectivity index (χ4v) is 2.04. The predicted octanol–water partition coefficient (Wildman–Crippen LogP) is 4.83. The van der Waals surface area contributed by atoms with Crippen LogP contribution in [0.2, 0.25) is 0 Å². The number of benzene rings is 2. The molecule has 0 amide bonds. The van der Waals surface area contributed by atoms with Crippen LogP contribution in [0.4, 0.5) is 0 Å². The zero-order valence-electron chi connectivity index (χ0n) is 13.2. The van der Waals surface area contributed by atoms with E-state index in [1.165, 1.54) is 11.1 Å². The summed E-state index contributed by atoms with van der Waals surface area (Å²) in [5.74, 6) is 0.870. The van der Waals surface area contributed by atoms with Gasteiger partial charge in [-0.05, 0) is 35.8 Å². The van der Waals surface area contributed by atoms with Crippen molar-refractivity contribution in [2.75, 3.05) is 20.3 Å². The maximum Gasteiger partial charge on any atom is 0.118 e. The monoisotopic (exact) mass is 294 g/mol. The van der Waals surface area contributed by atoms with Gasteiger partial charge in [0.05, 0.1) is 20.3 Å². The molecule has 22 heavy (non-hydrogen) atoms. The second kappa shape index (κ2) is 8.85. The number of ether oxygens (including phenoxy) is 2. The van der Waals surface area contributed by atoms with Crippen LogP contribution < -0.4 is 4.74 Å². The standard InChI is InChI=1S/C20H22O2/c1-17(19-8-4-3-5-9-19)14-16-22-15-6-7-18-10-12-20(21-2)13-11-18/h3-14H,15-16H2,1-2H3/b7-6+,17-14+. The zero-order valence-corrected chi connectivity index (χ0v) is 13.2. The number of methoxy groups -OCH3 is 1. The molecule has 0 aliphatic heterocycles. The Hall–Kier alpha value is -2.32. The summed E-state index contributed by atoms with van der Waals surface area (Å²) in [6.45, 7) is 3.32. The Morgan fingerprint density at radius 3 is 2.36 bits per heavy atom. The number of hydrogen-bond acceptors (Lipinski definition) is 2. The van der Waals surface area contributed by atoms with Crippen molar-refractivity contribution in [2.24, 2.45) is 0 Å². The minimum absolute atomic E-state index is 0.602. The number of allylic oxidation sites excluding steroid dienone is 1. The summed E-state index contributed by atoms with van der Waals surface area (Å²) in [7, 11) is 1.67. The van der Waals surface area contributed by atoms with E-state index < -0.39 is 0 Å². The van der Waals surface area contributed by atoms with Crippen LogP contribution in [0.15, 0.2) is 66.7 Å². The summed E-state index contributed by atoms with van der Waals surface area (Å²) in [5, 5.41) is 0. The van der Waals surface area contributed by atoms with E-state index in [1.807, 2.05) is 54.6 Å². The highest BCUT2D eigenvalue weighted by Gasteiger charge is 1.93. The molecule has 2 aromatic rings. The van der Waals surface area contributed by atoms with Crippen molar-refractivity contribution in [3.05, 3.63) is 77.9 Å². The maximum absolute atomic E-state index is 5.60. The molecule has 0 heterocycles. The van der Waals surface area contributed by atoms with E-state index in [4.69, 9.17) is 9.47 Å². The summed E-state index contributed by atoms with van der Waals surface area (Å²) in [4.78, 5) is 0. The van der Waals surface area contributed by atoms with Crippen LogP contribution in [0, 0.1) is 0 Å². The molecular formula is C20H22O2. The molecule has 2 nitrogen and oxygen atoms in total. The molecule has 0 saturated carbocycles. The quantitative estimate of drug-likeness (QED) is 0.681. The maximum atomic E-state index is 5.60. The molecule has 2 rings (SSSR count). The molecule has 0 unspecified atom stereocenters. The van der Waals surface area contributed by atoms with Crippen molar-refractivity contribution in [3.8, 4) is 5.75 Å². The first-order valence-corrected chi connectivity index (χ1v) is 7.40. The lowest BCUT2D eigenvalue weighted by molar-refractivity contribution is 0.194. The first kappa shape index (κ1) is 16.1. The van der Waals surface area contributed by atoms with Gasteiger partial charge in [0.25, 0.3) is 0 Å². The van der Waals surface area contributed by atoms with Crippen LogP contribution in [-0.2, 0) is 4.74 Å². The van der Waals surface area contributed by atoms with E-state index in [2.05, 4.69) is 25.1 Å². The lowest BCUT2D eigenvalue weighted by Gasteiger charge is -2.02. The summed E-state index contributed by atoms with van der Waals surface area (Å²) >= 11 is 0. The third kappa shape index (κ3) is 5.23. The molecule has 0 aliphatic carbocycles. The Bertz CT molecular complexity index is 610. The van der Waals surface area contributed by atoms with Crippen molar-refractivity contribution in [2.45, 2.75) is 6.92 Å². The third-order valence-electron chi connectivity index (χ3n) is 3.38. The van der Waals surface area contributed by atoms with Gasteiger partial charge >= 0.3 is 0 Å². The van der Waals surface area contributed by atoms with Gasteiger partial charge in [0.15, 0.2) is 0 Å². The van der Waals surface area contributed by atoms with Gasteiger partial charge in [-0.1, -0.05) is 60.7 Å². The Morgan fingerprint density at radius 1 is 0.955 bits per heavy atom. The van der Waals surface area contributed by atoms with Crippen LogP contribution >= 0.6 is 0 Å². The first-order valence-electron chi connectivity index (χ1n) is 7.40. The van der Waals surface area contributed by atoms with Crippen molar-refractivity contribution in [1.29, 1.82) is 0 Å². The van der Waals surface area contributed by atoms with Crippen LogP contribution in [0.3, 0.4) is 0 Å². The minimum atomic E-state index is 0.602. The zero-order chi connectivity index (χ0) is 15.6. The molecule has 0 spiro atoms. The molecule has 0 N–H and O–H groups in total. The average Bonchev–Trinajstić information content (AvgIpc) is 2.59. The molecule has 2 heteroatoms. The Balaban J connectivity index is 1.73. The smallest absolute Gasteiger partial charge is 0.118 e. The van der Waals surface area contributed by atoms with Crippen LogP contribution in [0.25, 0.3) is 11.6 Å². The molecule has 2 aromatic carbocycles. The van der Waals surface area contributed by atoms with E-state index in [9.17, 15) is 0 Å². The molecule has 0 fully saturated rings. The van der Waals surface area contributed by atoms with Crippen molar-refractivity contribution < 1.29 is 9.47 Å². The third-order valence-corrected chi connectivity index (χ3v) is 3.38.